The molecular weight excluding hydrogens is 322 g/mol. The summed E-state index contributed by atoms with van der Waals surface area (Å²) in [5, 5.41) is 11.7. The number of isocyanates is 1. The fourth-order valence-corrected chi connectivity index (χ4v) is 1.55. The molecule has 0 aliphatic carbocycles. The van der Waals surface area contributed by atoms with Gasteiger partial charge in [0.1, 0.15) is 6.61 Å². The molecule has 0 amide bonds. The number of hydrogen-bond donors (Lipinski definition) is 0. The number of benzene rings is 1. The molecule has 0 bridgehead atoms. The van der Waals surface area contributed by atoms with Crippen molar-refractivity contribution in [3.63, 3.8) is 0 Å². The Balaban J connectivity index is 2.46. The van der Waals surface area contributed by atoms with E-state index in [1.165, 1.54) is 30.3 Å². The van der Waals surface area contributed by atoms with Gasteiger partial charge < -0.3 is 9.57 Å². The number of nitro benzene ring substituents is 1. The van der Waals surface area contributed by atoms with Crippen LogP contribution in [0.3, 0.4) is 0 Å². The first-order valence-electron chi connectivity index (χ1n) is 6.88. The van der Waals surface area contributed by atoms with Gasteiger partial charge in [-0.3, -0.25) is 10.1 Å². The number of carbonyl (C=O) groups is 2. The number of hydroxylamine groups is 2. The molecule has 0 unspecified atom stereocenters. The number of carbonyl (C=O) groups excluding carboxylic acids is 3. The molecule has 24 heavy (non-hydrogen) atoms. The first kappa shape index (κ1) is 18.9. The molecule has 0 aromatic heterocycles. The van der Waals surface area contributed by atoms with E-state index in [1.54, 1.807) is 6.92 Å². The molecule has 0 aliphatic heterocycles. The second-order valence-electron chi connectivity index (χ2n) is 4.37. The highest BCUT2D eigenvalue weighted by atomic mass is 16.7. The second kappa shape index (κ2) is 9.82. The predicted molar refractivity (Wildman–Crippen MR) is 79.2 cm³/mol. The molecule has 0 N–H and O–H groups in total. The Morgan fingerprint density at radius 1 is 1.29 bits per heavy atom. The summed E-state index contributed by atoms with van der Waals surface area (Å²) in [6, 6.07) is 5.33. The Bertz CT molecular complexity index is 638. The largest absolute Gasteiger partial charge is 0.452 e. The van der Waals surface area contributed by atoms with Crippen LogP contribution in [0.2, 0.25) is 0 Å². The molecule has 10 nitrogen and oxygen atoms in total. The van der Waals surface area contributed by atoms with Crippen LogP contribution < -0.4 is 0 Å². The van der Waals surface area contributed by atoms with E-state index in [2.05, 4.69) is 4.99 Å². The molecule has 0 saturated carbocycles. The molecule has 0 spiro atoms. The van der Waals surface area contributed by atoms with Crippen molar-refractivity contribution in [1.29, 1.82) is 0 Å². The van der Waals surface area contributed by atoms with Crippen LogP contribution in [0.5, 0.6) is 0 Å². The van der Waals surface area contributed by atoms with Crippen LogP contribution in [-0.2, 0) is 30.6 Å². The van der Waals surface area contributed by atoms with Gasteiger partial charge in [0.25, 0.3) is 5.69 Å². The van der Waals surface area contributed by atoms with Crippen LogP contribution in [0.4, 0.5) is 5.69 Å². The van der Waals surface area contributed by atoms with Gasteiger partial charge in [0.05, 0.1) is 18.0 Å². The lowest BCUT2D eigenvalue weighted by Gasteiger charge is -2.17. The fourth-order valence-electron chi connectivity index (χ4n) is 1.55. The van der Waals surface area contributed by atoms with Crippen molar-refractivity contribution in [3.8, 4) is 0 Å². The fraction of sp³-hybridized carbons (Fsp3) is 0.357. The Morgan fingerprint density at radius 2 is 1.96 bits per heavy atom. The first-order valence-corrected chi connectivity index (χ1v) is 6.88. The summed E-state index contributed by atoms with van der Waals surface area (Å²) in [5.41, 5.74) is 0.385. The number of hydrogen-bond acceptors (Lipinski definition) is 9. The van der Waals surface area contributed by atoms with Gasteiger partial charge in [0.15, 0.2) is 0 Å². The maximum atomic E-state index is 11.6. The number of aliphatic imine (C=N–C) groups is 1. The third kappa shape index (κ3) is 6.34. The molecule has 0 radical (unpaired) electrons. The van der Waals surface area contributed by atoms with Gasteiger partial charge in [-0.25, -0.2) is 19.4 Å². The van der Waals surface area contributed by atoms with Crippen LogP contribution in [0, 0.1) is 10.1 Å². The van der Waals surface area contributed by atoms with Crippen molar-refractivity contribution in [2.45, 2.75) is 13.5 Å². The van der Waals surface area contributed by atoms with Gasteiger partial charge in [-0.1, -0.05) is 0 Å². The lowest BCUT2D eigenvalue weighted by molar-refractivity contribution is -0.384. The molecule has 128 valence electrons. The maximum absolute atomic E-state index is 11.6. The van der Waals surface area contributed by atoms with Crippen LogP contribution in [0.15, 0.2) is 29.3 Å². The zero-order valence-corrected chi connectivity index (χ0v) is 12.8. The smallest absolute Gasteiger partial charge is 0.436 e. The van der Waals surface area contributed by atoms with Crippen LogP contribution in [-0.4, -0.2) is 47.6 Å². The van der Waals surface area contributed by atoms with Crippen molar-refractivity contribution < 1.29 is 28.9 Å². The quantitative estimate of drug-likeness (QED) is 0.170. The number of nitro groups is 1. The monoisotopic (exact) mass is 337 g/mol. The minimum absolute atomic E-state index is 0.0719. The van der Waals surface area contributed by atoms with Gasteiger partial charge in [-0.15, -0.1) is 5.06 Å². The van der Waals surface area contributed by atoms with Gasteiger partial charge in [-0.05, 0) is 24.6 Å². The van der Waals surface area contributed by atoms with Crippen molar-refractivity contribution in [1.82, 2.24) is 5.06 Å². The summed E-state index contributed by atoms with van der Waals surface area (Å²) >= 11 is 0. The number of esters is 1. The molecule has 0 fully saturated rings. The standard InChI is InChI=1S/C14H15N3O7/c1-2-16(8-7-15-10-18)24-14(20)13(19)23-9-11-3-5-12(6-4-11)17(21)22/h3-6H,2,7-9H2,1H3. The highest BCUT2D eigenvalue weighted by molar-refractivity contribution is 6.29. The Morgan fingerprint density at radius 3 is 2.50 bits per heavy atom. The third-order valence-electron chi connectivity index (χ3n) is 2.77. The van der Waals surface area contributed by atoms with Crippen molar-refractivity contribution in [2.75, 3.05) is 19.6 Å². The Kier molecular flexibility index (Phi) is 7.76. The summed E-state index contributed by atoms with van der Waals surface area (Å²) < 4.78 is 4.77. The van der Waals surface area contributed by atoms with Crippen LogP contribution in [0.25, 0.3) is 0 Å². The van der Waals surface area contributed by atoms with Gasteiger partial charge in [0, 0.05) is 18.7 Å². The average molecular weight is 337 g/mol. The van der Waals surface area contributed by atoms with Crippen molar-refractivity contribution in [3.05, 3.63) is 39.9 Å². The molecule has 1 aromatic carbocycles. The zero-order chi connectivity index (χ0) is 17.9. The molecule has 10 heteroatoms. The molecule has 0 atom stereocenters. The van der Waals surface area contributed by atoms with Crippen molar-refractivity contribution in [2.24, 2.45) is 4.99 Å². The third-order valence-corrected chi connectivity index (χ3v) is 2.77. The van der Waals surface area contributed by atoms with Gasteiger partial charge in [0.2, 0.25) is 6.08 Å². The number of rotatable bonds is 8. The zero-order valence-electron chi connectivity index (χ0n) is 12.8. The summed E-state index contributed by atoms with van der Waals surface area (Å²) in [6.07, 6.45) is 1.35. The first-order chi connectivity index (χ1) is 11.5. The second-order valence-corrected chi connectivity index (χ2v) is 4.37. The van der Waals surface area contributed by atoms with Crippen molar-refractivity contribution >= 4 is 23.7 Å². The number of nitrogens with zero attached hydrogens (tertiary/aromatic N) is 3. The van der Waals surface area contributed by atoms with Gasteiger partial charge >= 0.3 is 11.9 Å². The highest BCUT2D eigenvalue weighted by Gasteiger charge is 2.21. The Labute approximate surface area is 136 Å². The van der Waals surface area contributed by atoms with Crippen LogP contribution in [0.1, 0.15) is 12.5 Å². The molecule has 0 heterocycles. The van der Waals surface area contributed by atoms with E-state index in [0.717, 1.165) is 5.06 Å². The van der Waals surface area contributed by atoms with Crippen LogP contribution >= 0.6 is 0 Å². The Hall–Kier alpha value is -3.10. The molecule has 0 saturated heterocycles. The van der Waals surface area contributed by atoms with E-state index in [-0.39, 0.29) is 31.9 Å². The summed E-state index contributed by atoms with van der Waals surface area (Å²) in [6.45, 7) is 1.94. The molecular formula is C14H15N3O7. The average Bonchev–Trinajstić information content (AvgIpc) is 2.59. The number of ether oxygens (including phenoxy) is 1. The van der Waals surface area contributed by atoms with E-state index >= 15 is 0 Å². The minimum Gasteiger partial charge on any atom is -0.452 e. The SMILES string of the molecule is CCN(CCN=C=O)OC(=O)C(=O)OCc1ccc([N+](=O)[O-])cc1. The minimum atomic E-state index is -1.21. The van der Waals surface area contributed by atoms with Gasteiger partial charge in [-0.2, -0.15) is 0 Å². The van der Waals surface area contributed by atoms with E-state index in [0.29, 0.717) is 5.56 Å². The van der Waals surface area contributed by atoms with E-state index in [9.17, 15) is 24.5 Å². The normalized spacial score (nSPS) is 9.92. The van der Waals surface area contributed by atoms with E-state index < -0.39 is 16.9 Å². The number of likely N-dealkylation sites (N-methyl/N-ethyl adjacent to an activating group) is 1. The summed E-state index contributed by atoms with van der Waals surface area (Å²) in [7, 11) is 0. The summed E-state index contributed by atoms with van der Waals surface area (Å²) in [4.78, 5) is 51.1. The molecule has 0 aliphatic rings. The predicted octanol–water partition coefficient (Wildman–Crippen LogP) is 0.754. The lowest BCUT2D eigenvalue weighted by atomic mass is 10.2. The lowest BCUT2D eigenvalue weighted by Crippen LogP contribution is -2.33. The van der Waals surface area contributed by atoms with E-state index in [1.807, 2.05) is 0 Å². The topological polar surface area (TPSA) is 128 Å². The highest BCUT2D eigenvalue weighted by Crippen LogP contribution is 2.12. The molecule has 1 rings (SSSR count). The number of non-ortho nitro benzene ring substituents is 1. The van der Waals surface area contributed by atoms with E-state index in [4.69, 9.17) is 9.57 Å². The molecule has 1 aromatic rings. The summed E-state index contributed by atoms with van der Waals surface area (Å²) in [5.74, 6) is -2.42. The maximum Gasteiger partial charge on any atom is 0.436 e.